The summed E-state index contributed by atoms with van der Waals surface area (Å²) in [6.45, 7) is 0. The number of halogens is 2. The van der Waals surface area contributed by atoms with Gasteiger partial charge in [-0.05, 0) is 24.3 Å². The zero-order valence-electron chi connectivity index (χ0n) is 12.2. The lowest BCUT2D eigenvalue weighted by molar-refractivity contribution is 1.34. The van der Waals surface area contributed by atoms with Gasteiger partial charge in [-0.2, -0.15) is 0 Å². The number of benzene rings is 2. The summed E-state index contributed by atoms with van der Waals surface area (Å²) < 4.78 is 0. The molecule has 0 unspecified atom stereocenters. The standard InChI is InChI=1S/C18H10Cl2N2S2/c19-13-5-1-11(2-6-13)15-9-24-18(21-15)16-10-23-17(22-16)12-3-7-14(20)8-4-12/h1-10H. The third-order valence-corrected chi connectivity index (χ3v) is 5.72. The molecule has 0 aliphatic carbocycles. The van der Waals surface area contributed by atoms with Gasteiger partial charge in [0.2, 0.25) is 0 Å². The van der Waals surface area contributed by atoms with Crippen molar-refractivity contribution in [2.24, 2.45) is 0 Å². The smallest absolute Gasteiger partial charge is 0.143 e. The molecule has 0 atom stereocenters. The highest BCUT2D eigenvalue weighted by molar-refractivity contribution is 7.15. The van der Waals surface area contributed by atoms with Crippen molar-refractivity contribution >= 4 is 45.9 Å². The van der Waals surface area contributed by atoms with Crippen molar-refractivity contribution in [1.82, 2.24) is 9.97 Å². The third-order valence-electron chi connectivity index (χ3n) is 3.46. The van der Waals surface area contributed by atoms with Crippen molar-refractivity contribution in [2.75, 3.05) is 0 Å². The third kappa shape index (κ3) is 3.23. The van der Waals surface area contributed by atoms with E-state index in [1.54, 1.807) is 22.7 Å². The second-order valence-corrected chi connectivity index (χ2v) is 7.68. The van der Waals surface area contributed by atoms with Gasteiger partial charge in [0.15, 0.2) is 0 Å². The first-order valence-corrected chi connectivity index (χ1v) is 9.64. The molecule has 24 heavy (non-hydrogen) atoms. The van der Waals surface area contributed by atoms with Crippen LogP contribution >= 0.6 is 45.9 Å². The molecule has 0 radical (unpaired) electrons. The fourth-order valence-corrected chi connectivity index (χ4v) is 4.17. The average Bonchev–Trinajstić information content (AvgIpc) is 3.25. The van der Waals surface area contributed by atoms with Crippen LogP contribution in [-0.4, -0.2) is 9.97 Å². The zero-order chi connectivity index (χ0) is 16.5. The van der Waals surface area contributed by atoms with Gasteiger partial charge in [0, 0.05) is 31.9 Å². The molecule has 0 fully saturated rings. The molecule has 0 bridgehead atoms. The maximum atomic E-state index is 5.94. The summed E-state index contributed by atoms with van der Waals surface area (Å²) in [5.41, 5.74) is 3.95. The zero-order valence-corrected chi connectivity index (χ0v) is 15.4. The van der Waals surface area contributed by atoms with Crippen LogP contribution in [0, 0.1) is 0 Å². The molecule has 0 aliphatic rings. The molecule has 0 spiro atoms. The van der Waals surface area contributed by atoms with E-state index in [9.17, 15) is 0 Å². The van der Waals surface area contributed by atoms with E-state index in [4.69, 9.17) is 33.2 Å². The Morgan fingerprint density at radius 3 is 1.75 bits per heavy atom. The molecule has 0 saturated carbocycles. The Hall–Kier alpha value is -1.72. The highest BCUT2D eigenvalue weighted by atomic mass is 35.5. The van der Waals surface area contributed by atoms with Crippen molar-refractivity contribution < 1.29 is 0 Å². The summed E-state index contributed by atoms with van der Waals surface area (Å²) in [7, 11) is 0. The predicted octanol–water partition coefficient (Wildman–Crippen LogP) is 6.91. The van der Waals surface area contributed by atoms with Gasteiger partial charge in [-0.25, -0.2) is 9.97 Å². The quantitative estimate of drug-likeness (QED) is 0.381. The summed E-state index contributed by atoms with van der Waals surface area (Å²) in [5.74, 6) is 0. The largest absolute Gasteiger partial charge is 0.234 e. The van der Waals surface area contributed by atoms with Crippen molar-refractivity contribution in [3.63, 3.8) is 0 Å². The monoisotopic (exact) mass is 388 g/mol. The lowest BCUT2D eigenvalue weighted by atomic mass is 10.2. The molecule has 2 aromatic carbocycles. The number of rotatable bonds is 3. The summed E-state index contributed by atoms with van der Waals surface area (Å²) in [4.78, 5) is 9.40. The second kappa shape index (κ2) is 6.65. The molecular formula is C18H10Cl2N2S2. The molecule has 0 saturated heterocycles. The van der Waals surface area contributed by atoms with Gasteiger partial charge in [-0.1, -0.05) is 47.5 Å². The minimum atomic E-state index is 0.723. The van der Waals surface area contributed by atoms with Crippen LogP contribution in [0.25, 0.3) is 32.5 Å². The van der Waals surface area contributed by atoms with E-state index in [2.05, 4.69) is 0 Å². The van der Waals surface area contributed by atoms with Crippen LogP contribution in [-0.2, 0) is 0 Å². The van der Waals surface area contributed by atoms with Gasteiger partial charge in [0.25, 0.3) is 0 Å². The molecule has 6 heteroatoms. The first-order valence-electron chi connectivity index (χ1n) is 7.12. The van der Waals surface area contributed by atoms with Crippen molar-refractivity contribution in [1.29, 1.82) is 0 Å². The normalized spacial score (nSPS) is 10.9. The first-order chi connectivity index (χ1) is 11.7. The van der Waals surface area contributed by atoms with Crippen LogP contribution in [0.3, 0.4) is 0 Å². The second-order valence-electron chi connectivity index (χ2n) is 5.09. The van der Waals surface area contributed by atoms with E-state index < -0.39 is 0 Å². The molecule has 2 aromatic heterocycles. The molecule has 0 aliphatic heterocycles. The number of hydrogen-bond donors (Lipinski definition) is 0. The van der Waals surface area contributed by atoms with E-state index >= 15 is 0 Å². The highest BCUT2D eigenvalue weighted by Gasteiger charge is 2.11. The van der Waals surface area contributed by atoms with Crippen molar-refractivity contribution in [3.8, 4) is 32.5 Å². The van der Waals surface area contributed by atoms with Gasteiger partial charge >= 0.3 is 0 Å². The summed E-state index contributed by atoms with van der Waals surface area (Å²) in [6.07, 6.45) is 0. The predicted molar refractivity (Wildman–Crippen MR) is 104 cm³/mol. The Bertz CT molecular complexity index is 891. The van der Waals surface area contributed by atoms with E-state index in [0.29, 0.717) is 0 Å². The average molecular weight is 389 g/mol. The molecular weight excluding hydrogens is 379 g/mol. The van der Waals surface area contributed by atoms with Crippen LogP contribution in [0.2, 0.25) is 10.0 Å². The lowest BCUT2D eigenvalue weighted by Crippen LogP contribution is -1.80. The first kappa shape index (κ1) is 15.8. The maximum absolute atomic E-state index is 5.94. The van der Waals surface area contributed by atoms with Crippen molar-refractivity contribution in [3.05, 3.63) is 69.3 Å². The number of thiazole rings is 2. The van der Waals surface area contributed by atoms with Gasteiger partial charge in [-0.3, -0.25) is 0 Å². The minimum absolute atomic E-state index is 0.723. The summed E-state index contributed by atoms with van der Waals surface area (Å²) >= 11 is 15.1. The van der Waals surface area contributed by atoms with Gasteiger partial charge in [0.1, 0.15) is 15.7 Å². The van der Waals surface area contributed by atoms with E-state index in [1.165, 1.54) is 0 Å². The SMILES string of the molecule is Clc1ccc(-c2csc(-c3csc(-c4ccc(Cl)cc4)n3)n2)cc1. The molecule has 2 nitrogen and oxygen atoms in total. The molecule has 4 rings (SSSR count). The van der Waals surface area contributed by atoms with Crippen LogP contribution in [0.15, 0.2) is 59.3 Å². The molecule has 4 aromatic rings. The molecule has 0 N–H and O–H groups in total. The van der Waals surface area contributed by atoms with Gasteiger partial charge in [0.05, 0.1) is 5.69 Å². The topological polar surface area (TPSA) is 25.8 Å². The van der Waals surface area contributed by atoms with E-state index in [-0.39, 0.29) is 0 Å². The number of aromatic nitrogens is 2. The minimum Gasteiger partial charge on any atom is -0.234 e. The molecule has 2 heterocycles. The Balaban J connectivity index is 1.63. The highest BCUT2D eigenvalue weighted by Crippen LogP contribution is 2.33. The Labute approximate surface area is 157 Å². The van der Waals surface area contributed by atoms with E-state index in [0.717, 1.165) is 42.6 Å². The fraction of sp³-hybridized carbons (Fsp3) is 0. The van der Waals surface area contributed by atoms with E-state index in [1.807, 2.05) is 59.3 Å². The maximum Gasteiger partial charge on any atom is 0.143 e. The Morgan fingerprint density at radius 1 is 0.583 bits per heavy atom. The number of nitrogens with zero attached hydrogens (tertiary/aromatic N) is 2. The molecule has 0 amide bonds. The molecule has 118 valence electrons. The van der Waals surface area contributed by atoms with Gasteiger partial charge < -0.3 is 0 Å². The van der Waals surface area contributed by atoms with Crippen LogP contribution in [0.5, 0.6) is 0 Å². The summed E-state index contributed by atoms with van der Waals surface area (Å²) in [6, 6.07) is 15.4. The van der Waals surface area contributed by atoms with Crippen LogP contribution < -0.4 is 0 Å². The Morgan fingerprint density at radius 2 is 1.08 bits per heavy atom. The van der Waals surface area contributed by atoms with Crippen molar-refractivity contribution in [2.45, 2.75) is 0 Å². The van der Waals surface area contributed by atoms with Gasteiger partial charge in [-0.15, -0.1) is 22.7 Å². The summed E-state index contributed by atoms with van der Waals surface area (Å²) in [5, 5.41) is 7.40. The van der Waals surface area contributed by atoms with Crippen LogP contribution in [0.1, 0.15) is 0 Å². The number of hydrogen-bond acceptors (Lipinski definition) is 4. The fourth-order valence-electron chi connectivity index (χ4n) is 2.24. The lowest BCUT2D eigenvalue weighted by Gasteiger charge is -1.96. The Kier molecular flexibility index (Phi) is 4.37. The van der Waals surface area contributed by atoms with Crippen LogP contribution in [0.4, 0.5) is 0 Å².